The van der Waals surface area contributed by atoms with Crippen LogP contribution in [0.15, 0.2) is 44.2 Å². The first-order valence-electron chi connectivity index (χ1n) is 7.02. The third-order valence-electron chi connectivity index (χ3n) is 3.80. The maximum Gasteiger partial charge on any atom is 0.419 e. The summed E-state index contributed by atoms with van der Waals surface area (Å²) in [5, 5.41) is 16.8. The van der Waals surface area contributed by atoms with E-state index in [1.54, 1.807) is 32.2 Å². The SMILES string of the molecule is Cn1c(=O)oc2c(C(=O)NCC(C)(O)c3ccsc3)cccc21. The molecular weight excluding hydrogens is 316 g/mol. The third-order valence-corrected chi connectivity index (χ3v) is 4.48. The van der Waals surface area contributed by atoms with E-state index in [0.29, 0.717) is 5.52 Å². The zero-order valence-electron chi connectivity index (χ0n) is 12.7. The summed E-state index contributed by atoms with van der Waals surface area (Å²) in [5.41, 5.74) is 0.634. The van der Waals surface area contributed by atoms with Crippen LogP contribution in [0.2, 0.25) is 0 Å². The van der Waals surface area contributed by atoms with Crippen LogP contribution in [-0.2, 0) is 12.6 Å². The van der Waals surface area contributed by atoms with Crippen LogP contribution in [0.25, 0.3) is 11.1 Å². The summed E-state index contributed by atoms with van der Waals surface area (Å²) in [6, 6.07) is 6.79. The van der Waals surface area contributed by atoms with Gasteiger partial charge in [-0.3, -0.25) is 9.36 Å². The van der Waals surface area contributed by atoms with E-state index in [4.69, 9.17) is 4.42 Å². The minimum Gasteiger partial charge on any atom is -0.407 e. The fourth-order valence-corrected chi connectivity index (χ4v) is 3.13. The molecule has 0 saturated carbocycles. The van der Waals surface area contributed by atoms with Crippen molar-refractivity contribution in [3.05, 3.63) is 56.7 Å². The minimum absolute atomic E-state index is 0.0516. The number of para-hydroxylation sites is 1. The van der Waals surface area contributed by atoms with Crippen LogP contribution in [0.3, 0.4) is 0 Å². The minimum atomic E-state index is -1.17. The van der Waals surface area contributed by atoms with Crippen molar-refractivity contribution in [2.45, 2.75) is 12.5 Å². The van der Waals surface area contributed by atoms with Crippen molar-refractivity contribution in [2.24, 2.45) is 7.05 Å². The average Bonchev–Trinajstić information content (AvgIpc) is 3.15. The van der Waals surface area contributed by atoms with Crippen molar-refractivity contribution < 1.29 is 14.3 Å². The molecule has 0 fully saturated rings. The fraction of sp³-hybridized carbons (Fsp3) is 0.250. The van der Waals surface area contributed by atoms with Gasteiger partial charge >= 0.3 is 5.76 Å². The molecule has 0 saturated heterocycles. The highest BCUT2D eigenvalue weighted by atomic mass is 32.1. The molecule has 2 heterocycles. The molecule has 0 aliphatic rings. The number of aliphatic hydroxyl groups is 1. The monoisotopic (exact) mass is 332 g/mol. The molecule has 120 valence electrons. The highest BCUT2D eigenvalue weighted by molar-refractivity contribution is 7.08. The Bertz CT molecular complexity index is 906. The van der Waals surface area contributed by atoms with Gasteiger partial charge in [-0.25, -0.2) is 4.79 Å². The standard InChI is InChI=1S/C16H16N2O4S/c1-16(21,10-6-7-23-8-10)9-17-14(19)11-4-3-5-12-13(11)22-15(20)18(12)2/h3-8,21H,9H2,1-2H3,(H,17,19). The highest BCUT2D eigenvalue weighted by Crippen LogP contribution is 2.23. The Labute approximate surface area is 136 Å². The van der Waals surface area contributed by atoms with Crippen LogP contribution in [0, 0.1) is 0 Å². The predicted octanol–water partition coefficient (Wildman–Crippen LogP) is 1.83. The van der Waals surface area contributed by atoms with E-state index in [-0.39, 0.29) is 17.7 Å². The number of carbonyl (C=O) groups excluding carboxylic acids is 1. The number of aromatic nitrogens is 1. The second kappa shape index (κ2) is 5.68. The van der Waals surface area contributed by atoms with Crippen molar-refractivity contribution in [1.29, 1.82) is 0 Å². The second-order valence-corrected chi connectivity index (χ2v) is 6.33. The Morgan fingerprint density at radius 1 is 1.43 bits per heavy atom. The number of nitrogens with zero attached hydrogens (tertiary/aromatic N) is 1. The number of hydrogen-bond acceptors (Lipinski definition) is 5. The molecule has 1 atom stereocenters. The molecule has 1 unspecified atom stereocenters. The predicted molar refractivity (Wildman–Crippen MR) is 87.7 cm³/mol. The number of rotatable bonds is 4. The lowest BCUT2D eigenvalue weighted by atomic mass is 9.99. The Kier molecular flexibility index (Phi) is 3.83. The van der Waals surface area contributed by atoms with Crippen LogP contribution in [0.1, 0.15) is 22.8 Å². The van der Waals surface area contributed by atoms with Crippen molar-refractivity contribution in [2.75, 3.05) is 6.54 Å². The van der Waals surface area contributed by atoms with Gasteiger partial charge in [-0.05, 0) is 41.4 Å². The molecule has 2 aromatic heterocycles. The summed E-state index contributed by atoms with van der Waals surface area (Å²) in [6.07, 6.45) is 0. The molecule has 7 heteroatoms. The van der Waals surface area contributed by atoms with Gasteiger partial charge in [0.05, 0.1) is 17.6 Å². The topological polar surface area (TPSA) is 84.5 Å². The molecule has 2 N–H and O–H groups in total. The largest absolute Gasteiger partial charge is 0.419 e. The molecule has 1 aromatic carbocycles. The number of nitrogens with one attached hydrogen (secondary N) is 1. The maximum absolute atomic E-state index is 12.4. The highest BCUT2D eigenvalue weighted by Gasteiger charge is 2.25. The molecule has 6 nitrogen and oxygen atoms in total. The second-order valence-electron chi connectivity index (χ2n) is 5.55. The van der Waals surface area contributed by atoms with E-state index >= 15 is 0 Å². The van der Waals surface area contributed by atoms with Gasteiger partial charge in [-0.15, -0.1) is 0 Å². The van der Waals surface area contributed by atoms with Crippen molar-refractivity contribution >= 4 is 28.3 Å². The fourth-order valence-electron chi connectivity index (χ4n) is 2.35. The molecule has 3 aromatic rings. The van der Waals surface area contributed by atoms with E-state index in [1.165, 1.54) is 15.9 Å². The number of fused-ring (bicyclic) bond motifs is 1. The van der Waals surface area contributed by atoms with Gasteiger partial charge in [-0.1, -0.05) is 6.07 Å². The first kappa shape index (κ1) is 15.5. The molecule has 1 amide bonds. The van der Waals surface area contributed by atoms with Crippen LogP contribution >= 0.6 is 11.3 Å². The van der Waals surface area contributed by atoms with Crippen LogP contribution < -0.4 is 11.1 Å². The average molecular weight is 332 g/mol. The van der Waals surface area contributed by atoms with Gasteiger partial charge in [0.1, 0.15) is 5.60 Å². The first-order chi connectivity index (χ1) is 10.9. The summed E-state index contributed by atoms with van der Waals surface area (Å²) < 4.78 is 6.48. The molecule has 0 spiro atoms. The summed E-state index contributed by atoms with van der Waals surface area (Å²) in [6.45, 7) is 1.69. The van der Waals surface area contributed by atoms with Gasteiger partial charge < -0.3 is 14.8 Å². The van der Waals surface area contributed by atoms with Crippen LogP contribution in [0.5, 0.6) is 0 Å². The number of carbonyl (C=O) groups is 1. The summed E-state index contributed by atoms with van der Waals surface area (Å²) in [4.78, 5) is 24.0. The van der Waals surface area contributed by atoms with Gasteiger partial charge in [0, 0.05) is 7.05 Å². The van der Waals surface area contributed by atoms with Gasteiger partial charge in [0.2, 0.25) is 0 Å². The van der Waals surface area contributed by atoms with Gasteiger partial charge in [0.25, 0.3) is 5.91 Å². The summed E-state index contributed by atoms with van der Waals surface area (Å²) in [7, 11) is 1.58. The molecule has 0 aliphatic heterocycles. The van der Waals surface area contributed by atoms with Gasteiger partial charge in [-0.2, -0.15) is 11.3 Å². The molecule has 3 rings (SSSR count). The Balaban J connectivity index is 1.84. The van der Waals surface area contributed by atoms with Crippen molar-refractivity contribution in [3.8, 4) is 0 Å². The maximum atomic E-state index is 12.4. The zero-order valence-corrected chi connectivity index (χ0v) is 13.5. The molecule has 23 heavy (non-hydrogen) atoms. The number of thiophene rings is 1. The van der Waals surface area contributed by atoms with E-state index in [9.17, 15) is 14.7 Å². The molecule has 0 aliphatic carbocycles. The molecule has 0 bridgehead atoms. The Morgan fingerprint density at radius 3 is 2.91 bits per heavy atom. The van der Waals surface area contributed by atoms with E-state index in [1.807, 2.05) is 16.8 Å². The van der Waals surface area contributed by atoms with Gasteiger partial charge in [0.15, 0.2) is 5.58 Å². The number of benzene rings is 1. The van der Waals surface area contributed by atoms with E-state index < -0.39 is 17.3 Å². The molecular formula is C16H16N2O4S. The lowest BCUT2D eigenvalue weighted by Crippen LogP contribution is -2.38. The van der Waals surface area contributed by atoms with Crippen molar-refractivity contribution in [1.82, 2.24) is 9.88 Å². The lowest BCUT2D eigenvalue weighted by molar-refractivity contribution is 0.0530. The van der Waals surface area contributed by atoms with E-state index in [2.05, 4.69) is 5.32 Å². The first-order valence-corrected chi connectivity index (χ1v) is 7.96. The Morgan fingerprint density at radius 2 is 2.22 bits per heavy atom. The summed E-state index contributed by atoms with van der Waals surface area (Å²) in [5.74, 6) is -0.925. The number of amides is 1. The zero-order chi connectivity index (χ0) is 16.6. The smallest absolute Gasteiger partial charge is 0.407 e. The normalized spacial score (nSPS) is 13.9. The van der Waals surface area contributed by atoms with E-state index in [0.717, 1.165) is 5.56 Å². The summed E-state index contributed by atoms with van der Waals surface area (Å²) >= 11 is 1.48. The van der Waals surface area contributed by atoms with Crippen molar-refractivity contribution in [3.63, 3.8) is 0 Å². The van der Waals surface area contributed by atoms with Crippen LogP contribution in [0.4, 0.5) is 0 Å². The quantitative estimate of drug-likeness (QED) is 0.763. The number of oxazole rings is 1. The Hall–Kier alpha value is -2.38. The van der Waals surface area contributed by atoms with Crippen LogP contribution in [-0.4, -0.2) is 22.1 Å². The number of hydrogen-bond donors (Lipinski definition) is 2. The lowest BCUT2D eigenvalue weighted by Gasteiger charge is -2.22. The number of aryl methyl sites for hydroxylation is 1. The molecule has 0 radical (unpaired) electrons. The third kappa shape index (κ3) is 2.80.